The summed E-state index contributed by atoms with van der Waals surface area (Å²) in [6, 6.07) is 0. The Labute approximate surface area is 594 Å². The van der Waals surface area contributed by atoms with E-state index in [1.165, 1.54) is 399 Å². The smallest absolute Gasteiger partial charge is 0.121 e. The second kappa shape index (κ2) is 61.8. The molecular weight excluding hydrogens is 1220 g/mol. The summed E-state index contributed by atoms with van der Waals surface area (Å²) >= 11 is 0. The van der Waals surface area contributed by atoms with Gasteiger partial charge in [-0.25, -0.2) is 0 Å². The summed E-state index contributed by atoms with van der Waals surface area (Å²) in [7, 11) is -12.7. The number of rotatable bonds is 24. The van der Waals surface area contributed by atoms with Gasteiger partial charge in [0.15, 0.2) is 0 Å². The zero-order chi connectivity index (χ0) is 73.9. The third-order valence-corrected chi connectivity index (χ3v) is 23.1. The second-order valence-corrected chi connectivity index (χ2v) is 29.4. The van der Waals surface area contributed by atoms with Gasteiger partial charge in [-0.2, -0.15) is 0 Å². The molecule has 0 aromatic carbocycles. The van der Waals surface area contributed by atoms with Crippen LogP contribution in [0.1, 0.15) is 265 Å². The highest BCUT2D eigenvalue weighted by molar-refractivity contribution is 6.27. The Morgan fingerprint density at radius 1 is 0.177 bits per heavy atom. The van der Waals surface area contributed by atoms with Gasteiger partial charge in [-0.15, -0.1) is 0 Å². The highest BCUT2D eigenvalue weighted by Crippen LogP contribution is 2.25. The average Bonchev–Trinajstić information content (AvgIpc) is 2.36. The van der Waals surface area contributed by atoms with Crippen molar-refractivity contribution in [3.63, 3.8) is 0 Å². The fourth-order valence-electron chi connectivity index (χ4n) is 17.4. The second-order valence-electron chi connectivity index (χ2n) is 29.4. The lowest BCUT2D eigenvalue weighted by Crippen LogP contribution is -2.45. The Morgan fingerprint density at radius 2 is 0.240 bits per heavy atom. The minimum atomic E-state index is -3.17. The Bertz CT molecular complexity index is 1300. The number of hydrogen-bond donors (Lipinski definition) is 0. The van der Waals surface area contributed by atoms with Crippen LogP contribution < -0.4 is 40.2 Å². The third-order valence-electron chi connectivity index (χ3n) is 23.1. The first kappa shape index (κ1) is 102. The van der Waals surface area contributed by atoms with Gasteiger partial charge in [0.2, 0.25) is 0 Å². The van der Waals surface area contributed by atoms with Crippen molar-refractivity contribution in [2.24, 2.45) is 0 Å². The van der Waals surface area contributed by atoms with Crippen LogP contribution in [0, 0.1) is 0 Å². The summed E-state index contributed by atoms with van der Waals surface area (Å²) in [5.74, 6) is 0. The van der Waals surface area contributed by atoms with Gasteiger partial charge in [-0.1, -0.05) is 55.4 Å². The van der Waals surface area contributed by atoms with E-state index in [0.29, 0.717) is 0 Å². The molecule has 576 valence electrons. The minimum Gasteiger partial charge on any atom is -0.867 e. The lowest BCUT2D eigenvalue weighted by Gasteiger charge is -2.32. The maximum absolute atomic E-state index is 9.89. The van der Waals surface area contributed by atoms with Gasteiger partial charge in [-0.3, -0.25) is 0 Å². The molecule has 0 aliphatic carbocycles. The van der Waals surface area contributed by atoms with Crippen LogP contribution in [0.25, 0.3) is 0 Å². The van der Waals surface area contributed by atoms with Crippen LogP contribution in [-0.2, 0) is 0 Å². The first-order chi connectivity index (χ1) is 45.6. The molecule has 16 nitrogen and oxygen atoms in total. The van der Waals surface area contributed by atoms with Crippen molar-refractivity contribution in [3.05, 3.63) is 0 Å². The molecule has 0 bridgehead atoms. The van der Waals surface area contributed by atoms with Crippen molar-refractivity contribution >= 4 is 29.6 Å². The van der Waals surface area contributed by atoms with Gasteiger partial charge in [0.25, 0.3) is 0 Å². The number of quaternary nitrogens is 8. The lowest BCUT2D eigenvalue weighted by molar-refractivity contribution is -0.915. The van der Waals surface area contributed by atoms with E-state index in [9.17, 15) is 17.3 Å². The Morgan fingerprint density at radius 3 is 0.281 bits per heavy atom. The highest BCUT2D eigenvalue weighted by Gasteiger charge is 2.34. The lowest BCUT2D eigenvalue weighted by atomic mass is 10.3. The van der Waals surface area contributed by atoms with Crippen LogP contribution in [0.3, 0.4) is 0 Å². The fourth-order valence-corrected chi connectivity index (χ4v) is 17.4. The van der Waals surface area contributed by atoms with Crippen LogP contribution in [0.4, 0.5) is 17.3 Å². The molecular formula is C72H160B4F4N8O8. The fraction of sp³-hybridized carbons (Fsp3) is 1.00. The van der Waals surface area contributed by atoms with Crippen molar-refractivity contribution in [3.8, 4) is 0 Å². The van der Waals surface area contributed by atoms with Crippen LogP contribution in [0.5, 0.6) is 0 Å². The summed E-state index contributed by atoms with van der Waals surface area (Å²) in [4.78, 5) is 0. The van der Waals surface area contributed by atoms with Crippen molar-refractivity contribution in [2.45, 2.75) is 265 Å². The molecule has 0 aromatic rings. The Balaban J connectivity index is -0.000000488. The SMILES string of the molecule is CCC[N+]1(CC)CCCC1.CCC[N+]1(CC)CCCC1.CCC[N+]1(CC)CCCC1.CCC[N+]1(CC)CCCC1.CCC[N+]1(CC)CCCC1.CCC[N+]1(CC)CCCC1.CCC[N+]1(CC)CCCC1.CCC[N+]1(CC)CCCC1.[O-]B([O-])F.[O-]B([O-])F.[O-]B([O-])F.[O-]B([O-])F. The molecule has 8 heterocycles. The summed E-state index contributed by atoms with van der Waals surface area (Å²) < 4.78 is 50.9. The number of hydrogen-bond acceptors (Lipinski definition) is 8. The summed E-state index contributed by atoms with van der Waals surface area (Å²) in [6.07, 6.45) is 34.3. The molecule has 0 N–H and O–H groups in total. The average molecular weight is 1390 g/mol. The largest absolute Gasteiger partial charge is 0.867 e. The maximum Gasteiger partial charge on any atom is 0.121 e. The molecule has 8 aliphatic heterocycles. The van der Waals surface area contributed by atoms with Crippen molar-refractivity contribution < 1.29 is 93.3 Å². The molecule has 0 spiro atoms. The van der Waals surface area contributed by atoms with Crippen molar-refractivity contribution in [2.75, 3.05) is 209 Å². The molecule has 24 heteroatoms. The predicted octanol–water partition coefficient (Wildman–Crippen LogP) is 6.86. The van der Waals surface area contributed by atoms with Gasteiger partial charge < -0.3 is 93.3 Å². The standard InChI is InChI=1S/8C9H20N.4BFO2/c8*1-3-7-10(4-2)8-5-6-9-10;4*2-1(3)4/h8*3-9H2,1-2H3;;;;/q8*+1;4*-2. The van der Waals surface area contributed by atoms with E-state index in [4.69, 9.17) is 40.2 Å². The molecule has 8 fully saturated rings. The molecule has 96 heavy (non-hydrogen) atoms. The van der Waals surface area contributed by atoms with Gasteiger partial charge in [0.05, 0.1) is 209 Å². The van der Waals surface area contributed by atoms with Crippen molar-refractivity contribution in [1.82, 2.24) is 0 Å². The van der Waals surface area contributed by atoms with E-state index in [2.05, 4.69) is 111 Å². The van der Waals surface area contributed by atoms with Crippen LogP contribution >= 0.6 is 0 Å². The molecule has 8 saturated heterocycles. The minimum absolute atomic E-state index is 1.36. The number of halogens is 4. The summed E-state index contributed by atoms with van der Waals surface area (Å²) in [5, 5.41) is 66.4. The monoisotopic (exact) mass is 1390 g/mol. The van der Waals surface area contributed by atoms with E-state index >= 15 is 0 Å². The van der Waals surface area contributed by atoms with Crippen molar-refractivity contribution in [1.29, 1.82) is 0 Å². The third kappa shape index (κ3) is 49.1. The summed E-state index contributed by atoms with van der Waals surface area (Å²) in [6.45, 7) is 82.4. The zero-order valence-corrected chi connectivity index (χ0v) is 66.3. The molecule has 0 atom stereocenters. The van der Waals surface area contributed by atoms with Crippen LogP contribution in [0.15, 0.2) is 0 Å². The topological polar surface area (TPSA) is 184 Å². The molecule has 0 amide bonds. The van der Waals surface area contributed by atoms with E-state index in [1.807, 2.05) is 0 Å². The molecule has 0 aromatic heterocycles. The zero-order valence-electron chi connectivity index (χ0n) is 66.3. The Hall–Kier alpha value is -0.660. The maximum atomic E-state index is 9.89. The molecule has 0 radical (unpaired) electrons. The van der Waals surface area contributed by atoms with E-state index in [0.717, 1.165) is 0 Å². The number of nitrogens with zero attached hydrogens (tertiary/aromatic N) is 8. The first-order valence-electron chi connectivity index (χ1n) is 40.2. The van der Waals surface area contributed by atoms with E-state index in [1.54, 1.807) is 0 Å². The molecule has 0 saturated carbocycles. The van der Waals surface area contributed by atoms with Gasteiger partial charge in [-0.05, 0) is 107 Å². The summed E-state index contributed by atoms with van der Waals surface area (Å²) in [5.41, 5.74) is 0. The van der Waals surface area contributed by atoms with E-state index in [-0.39, 0.29) is 0 Å². The van der Waals surface area contributed by atoms with Crippen LogP contribution in [0.2, 0.25) is 0 Å². The van der Waals surface area contributed by atoms with Gasteiger partial charge >= 0.3 is 0 Å². The highest BCUT2D eigenvalue weighted by atomic mass is 19.1. The number of likely N-dealkylation sites (tertiary alicyclic amines) is 8. The normalized spacial score (nSPS) is 20.6. The molecule has 8 aliphatic rings. The molecule has 8 rings (SSSR count). The molecule has 0 unspecified atom stereocenters. The van der Waals surface area contributed by atoms with Gasteiger partial charge in [0.1, 0.15) is 29.6 Å². The first-order valence-corrected chi connectivity index (χ1v) is 40.2. The van der Waals surface area contributed by atoms with Gasteiger partial charge in [0, 0.05) is 103 Å². The quantitative estimate of drug-likeness (QED) is 0.0570. The van der Waals surface area contributed by atoms with Crippen LogP contribution in [-0.4, -0.2) is 275 Å². The van der Waals surface area contributed by atoms with E-state index < -0.39 is 29.6 Å². The Kier molecular flexibility index (Phi) is 65.5. The predicted molar refractivity (Wildman–Crippen MR) is 387 cm³/mol.